The molecule has 19 heavy (non-hydrogen) atoms. The molecule has 0 saturated heterocycles. The van der Waals surface area contributed by atoms with Crippen LogP contribution in [0, 0.1) is 11.8 Å². The quantitative estimate of drug-likeness (QED) is 0.798. The predicted octanol–water partition coefficient (Wildman–Crippen LogP) is 3.78. The van der Waals surface area contributed by atoms with Crippen LogP contribution in [0.25, 0.3) is 0 Å². The van der Waals surface area contributed by atoms with Crippen molar-refractivity contribution in [1.82, 2.24) is 4.90 Å². The maximum Gasteiger partial charge on any atom is 0.308 e. The van der Waals surface area contributed by atoms with Crippen LogP contribution in [-0.4, -0.2) is 34.6 Å². The lowest BCUT2D eigenvalue weighted by molar-refractivity contribution is -0.147. The lowest BCUT2D eigenvalue weighted by atomic mass is 9.75. The molecule has 112 valence electrons. The molecule has 1 aliphatic rings. The van der Waals surface area contributed by atoms with E-state index in [2.05, 4.69) is 39.6 Å². The van der Waals surface area contributed by atoms with Crippen molar-refractivity contribution in [2.75, 3.05) is 7.05 Å². The third-order valence-electron chi connectivity index (χ3n) is 5.26. The zero-order chi connectivity index (χ0) is 14.6. The number of carbonyl (C=O) groups is 1. The minimum absolute atomic E-state index is 0.0759. The van der Waals surface area contributed by atoms with Crippen LogP contribution in [0.2, 0.25) is 0 Å². The van der Waals surface area contributed by atoms with Gasteiger partial charge in [-0.3, -0.25) is 9.69 Å². The first-order valence-corrected chi connectivity index (χ1v) is 7.79. The number of hydrogen-bond donors (Lipinski definition) is 1. The molecule has 3 unspecified atom stereocenters. The second kappa shape index (κ2) is 6.74. The Morgan fingerprint density at radius 1 is 1.32 bits per heavy atom. The standard InChI is InChI=1S/C16H31NO2/c1-6-8-12-9-10-13(15(18)19)14(11-12)17(5)16(3,4)7-2/h12-14H,6-11H2,1-5H3,(H,18,19). The molecule has 0 amide bonds. The summed E-state index contributed by atoms with van der Waals surface area (Å²) in [6.07, 6.45) is 6.46. The first-order valence-electron chi connectivity index (χ1n) is 7.79. The second-order valence-electron chi connectivity index (χ2n) is 6.76. The van der Waals surface area contributed by atoms with E-state index in [-0.39, 0.29) is 17.5 Å². The maximum absolute atomic E-state index is 11.5. The molecular weight excluding hydrogens is 238 g/mol. The highest BCUT2D eigenvalue weighted by molar-refractivity contribution is 5.71. The number of rotatable bonds is 6. The topological polar surface area (TPSA) is 40.5 Å². The molecule has 1 aliphatic carbocycles. The highest BCUT2D eigenvalue weighted by Gasteiger charge is 2.40. The van der Waals surface area contributed by atoms with Gasteiger partial charge < -0.3 is 5.11 Å². The van der Waals surface area contributed by atoms with Crippen molar-refractivity contribution in [1.29, 1.82) is 0 Å². The van der Waals surface area contributed by atoms with Crippen molar-refractivity contribution in [2.24, 2.45) is 11.8 Å². The normalized spacial score (nSPS) is 28.6. The molecule has 3 atom stereocenters. The highest BCUT2D eigenvalue weighted by Crippen LogP contribution is 2.37. The lowest BCUT2D eigenvalue weighted by Gasteiger charge is -2.46. The van der Waals surface area contributed by atoms with Gasteiger partial charge in [-0.25, -0.2) is 0 Å². The molecule has 1 rings (SSSR count). The van der Waals surface area contributed by atoms with Gasteiger partial charge in [0.15, 0.2) is 0 Å². The van der Waals surface area contributed by atoms with E-state index in [1.807, 2.05) is 0 Å². The van der Waals surface area contributed by atoms with E-state index in [1.165, 1.54) is 12.8 Å². The summed E-state index contributed by atoms with van der Waals surface area (Å²) in [6.45, 7) is 8.83. The Hall–Kier alpha value is -0.570. The summed E-state index contributed by atoms with van der Waals surface area (Å²) in [5.74, 6) is -0.0941. The lowest BCUT2D eigenvalue weighted by Crippen LogP contribution is -2.53. The van der Waals surface area contributed by atoms with Crippen LogP contribution < -0.4 is 0 Å². The summed E-state index contributed by atoms with van der Waals surface area (Å²) in [6, 6.07) is 0.192. The van der Waals surface area contributed by atoms with Crippen molar-refractivity contribution in [3.63, 3.8) is 0 Å². The van der Waals surface area contributed by atoms with Crippen LogP contribution in [0.15, 0.2) is 0 Å². The number of nitrogens with zero attached hydrogens (tertiary/aromatic N) is 1. The summed E-state index contributed by atoms with van der Waals surface area (Å²) in [4.78, 5) is 13.8. The van der Waals surface area contributed by atoms with Crippen LogP contribution in [0.5, 0.6) is 0 Å². The fourth-order valence-corrected chi connectivity index (χ4v) is 3.32. The molecule has 0 heterocycles. The van der Waals surface area contributed by atoms with Crippen molar-refractivity contribution in [3.05, 3.63) is 0 Å². The molecule has 0 aromatic heterocycles. The Labute approximate surface area is 118 Å². The van der Waals surface area contributed by atoms with Crippen LogP contribution in [-0.2, 0) is 4.79 Å². The molecule has 0 aromatic rings. The fraction of sp³-hybridized carbons (Fsp3) is 0.938. The summed E-state index contributed by atoms with van der Waals surface area (Å²) in [5, 5.41) is 9.49. The second-order valence-corrected chi connectivity index (χ2v) is 6.76. The van der Waals surface area contributed by atoms with Crippen molar-refractivity contribution < 1.29 is 9.90 Å². The Kier molecular flexibility index (Phi) is 5.84. The molecule has 0 spiro atoms. The van der Waals surface area contributed by atoms with Gasteiger partial charge in [-0.05, 0) is 52.5 Å². The van der Waals surface area contributed by atoms with Gasteiger partial charge in [-0.15, -0.1) is 0 Å². The van der Waals surface area contributed by atoms with Crippen LogP contribution >= 0.6 is 0 Å². The van der Waals surface area contributed by atoms with Crippen LogP contribution in [0.1, 0.15) is 66.2 Å². The van der Waals surface area contributed by atoms with E-state index in [1.54, 1.807) is 0 Å². The molecule has 0 radical (unpaired) electrons. The van der Waals surface area contributed by atoms with E-state index in [4.69, 9.17) is 0 Å². The van der Waals surface area contributed by atoms with Gasteiger partial charge in [-0.2, -0.15) is 0 Å². The number of aliphatic carboxylic acids is 1. The average molecular weight is 269 g/mol. The van der Waals surface area contributed by atoms with Gasteiger partial charge >= 0.3 is 5.97 Å². The fourth-order valence-electron chi connectivity index (χ4n) is 3.32. The zero-order valence-electron chi connectivity index (χ0n) is 13.3. The monoisotopic (exact) mass is 269 g/mol. The molecular formula is C16H31NO2. The highest BCUT2D eigenvalue weighted by atomic mass is 16.4. The zero-order valence-corrected chi connectivity index (χ0v) is 13.3. The number of carboxylic acid groups (broad SMARTS) is 1. The third kappa shape index (κ3) is 3.95. The Bertz CT molecular complexity index is 301. The van der Waals surface area contributed by atoms with Gasteiger partial charge in [0.2, 0.25) is 0 Å². The number of carboxylic acids is 1. The van der Waals surface area contributed by atoms with E-state index in [0.717, 1.165) is 25.7 Å². The molecule has 1 saturated carbocycles. The third-order valence-corrected chi connectivity index (χ3v) is 5.26. The average Bonchev–Trinajstić information content (AvgIpc) is 2.37. The van der Waals surface area contributed by atoms with E-state index >= 15 is 0 Å². The molecule has 0 aromatic carbocycles. The minimum Gasteiger partial charge on any atom is -0.481 e. The van der Waals surface area contributed by atoms with Crippen LogP contribution in [0.4, 0.5) is 0 Å². The Morgan fingerprint density at radius 2 is 1.95 bits per heavy atom. The van der Waals surface area contributed by atoms with Gasteiger partial charge in [0, 0.05) is 11.6 Å². The predicted molar refractivity (Wildman–Crippen MR) is 79.3 cm³/mol. The van der Waals surface area contributed by atoms with Gasteiger partial charge in [0.25, 0.3) is 0 Å². The molecule has 3 heteroatoms. The molecule has 3 nitrogen and oxygen atoms in total. The SMILES string of the molecule is CCCC1CCC(C(=O)O)C(N(C)C(C)(C)CC)C1. The molecule has 1 N–H and O–H groups in total. The van der Waals surface area contributed by atoms with Gasteiger partial charge in [0.05, 0.1) is 5.92 Å². The smallest absolute Gasteiger partial charge is 0.308 e. The van der Waals surface area contributed by atoms with Crippen molar-refractivity contribution >= 4 is 5.97 Å². The van der Waals surface area contributed by atoms with Crippen molar-refractivity contribution in [2.45, 2.75) is 77.8 Å². The van der Waals surface area contributed by atoms with E-state index in [9.17, 15) is 9.90 Å². The molecule has 1 fully saturated rings. The first-order chi connectivity index (χ1) is 8.83. The molecule has 0 bridgehead atoms. The van der Waals surface area contributed by atoms with Crippen molar-refractivity contribution in [3.8, 4) is 0 Å². The Balaban J connectivity index is 2.85. The summed E-state index contributed by atoms with van der Waals surface area (Å²) < 4.78 is 0. The largest absolute Gasteiger partial charge is 0.481 e. The summed E-state index contributed by atoms with van der Waals surface area (Å²) in [7, 11) is 2.11. The first kappa shape index (κ1) is 16.5. The minimum atomic E-state index is -0.612. The molecule has 0 aliphatic heterocycles. The van der Waals surface area contributed by atoms with Gasteiger partial charge in [0.1, 0.15) is 0 Å². The van der Waals surface area contributed by atoms with E-state index in [0.29, 0.717) is 5.92 Å². The Morgan fingerprint density at radius 3 is 2.42 bits per heavy atom. The number of hydrogen-bond acceptors (Lipinski definition) is 2. The van der Waals surface area contributed by atoms with E-state index < -0.39 is 5.97 Å². The van der Waals surface area contributed by atoms with Gasteiger partial charge in [-0.1, -0.05) is 26.7 Å². The summed E-state index contributed by atoms with van der Waals surface area (Å²) in [5.41, 5.74) is 0.0759. The van der Waals surface area contributed by atoms with Crippen LogP contribution in [0.3, 0.4) is 0 Å². The maximum atomic E-state index is 11.5. The summed E-state index contributed by atoms with van der Waals surface area (Å²) >= 11 is 0.